The third kappa shape index (κ3) is 2.75. The number of hydrogen-bond acceptors (Lipinski definition) is 4. The van der Waals surface area contributed by atoms with Crippen LogP contribution in [-0.2, 0) is 0 Å². The summed E-state index contributed by atoms with van der Waals surface area (Å²) in [4.78, 5) is 23.0. The topological polar surface area (TPSA) is 55.3 Å². The molecule has 0 aromatic carbocycles. The predicted molar refractivity (Wildman–Crippen MR) is 89.6 cm³/mol. The van der Waals surface area contributed by atoms with E-state index in [1.165, 1.54) is 12.8 Å². The molecule has 3 heterocycles. The number of ether oxygens (including phenoxy) is 1. The van der Waals surface area contributed by atoms with Crippen molar-refractivity contribution in [3.63, 3.8) is 0 Å². The molecule has 0 spiro atoms. The van der Waals surface area contributed by atoms with Gasteiger partial charge in [0.1, 0.15) is 0 Å². The Morgan fingerprint density at radius 2 is 2.25 bits per heavy atom. The van der Waals surface area contributed by atoms with Gasteiger partial charge in [-0.15, -0.1) is 0 Å². The van der Waals surface area contributed by atoms with Crippen LogP contribution in [-0.4, -0.2) is 40.5 Å². The average Bonchev–Trinajstić information content (AvgIpc) is 3.18. The fourth-order valence-electron chi connectivity index (χ4n) is 4.13. The van der Waals surface area contributed by atoms with Crippen LogP contribution in [0.4, 0.5) is 0 Å². The SMILES string of the molecule is O=C(c1cccnc1)N1C[C@@H]2CCC[C@]2(COc2ccccn2)C1. The third-order valence-corrected chi connectivity index (χ3v) is 5.38. The molecule has 0 unspecified atom stereocenters. The maximum Gasteiger partial charge on any atom is 0.255 e. The second kappa shape index (κ2) is 6.23. The molecule has 2 aromatic rings. The van der Waals surface area contributed by atoms with Crippen molar-refractivity contribution in [3.8, 4) is 5.88 Å². The Morgan fingerprint density at radius 1 is 1.29 bits per heavy atom. The molecule has 24 heavy (non-hydrogen) atoms. The lowest BCUT2D eigenvalue weighted by molar-refractivity contribution is 0.0744. The summed E-state index contributed by atoms with van der Waals surface area (Å²) in [6.07, 6.45) is 8.58. The number of nitrogens with zero attached hydrogens (tertiary/aromatic N) is 3. The van der Waals surface area contributed by atoms with Gasteiger partial charge in [0.15, 0.2) is 0 Å². The number of rotatable bonds is 4. The molecule has 2 aromatic heterocycles. The van der Waals surface area contributed by atoms with E-state index in [4.69, 9.17) is 4.74 Å². The molecular weight excluding hydrogens is 302 g/mol. The standard InChI is InChI=1S/C19H21N3O2/c23-18(15-5-4-9-20-11-15)22-12-16-6-3-8-19(16,13-22)14-24-17-7-1-2-10-21-17/h1-2,4-5,7,9-11,16H,3,6,8,12-14H2/t16-,19+/m0/s1. The van der Waals surface area contributed by atoms with Crippen molar-refractivity contribution in [3.05, 3.63) is 54.5 Å². The zero-order valence-electron chi connectivity index (χ0n) is 13.6. The molecule has 5 heteroatoms. The van der Waals surface area contributed by atoms with Crippen LogP contribution in [0.25, 0.3) is 0 Å². The van der Waals surface area contributed by atoms with Crippen LogP contribution in [0.3, 0.4) is 0 Å². The summed E-state index contributed by atoms with van der Waals surface area (Å²) < 4.78 is 5.97. The molecule has 2 aliphatic rings. The van der Waals surface area contributed by atoms with E-state index in [-0.39, 0.29) is 11.3 Å². The number of carbonyl (C=O) groups is 1. The van der Waals surface area contributed by atoms with Gasteiger partial charge in [0.25, 0.3) is 5.91 Å². The van der Waals surface area contributed by atoms with Gasteiger partial charge in [-0.05, 0) is 37.0 Å². The zero-order valence-corrected chi connectivity index (χ0v) is 13.6. The van der Waals surface area contributed by atoms with Crippen LogP contribution < -0.4 is 4.74 Å². The van der Waals surface area contributed by atoms with Gasteiger partial charge in [0, 0.05) is 43.2 Å². The summed E-state index contributed by atoms with van der Waals surface area (Å²) in [5.41, 5.74) is 0.730. The highest BCUT2D eigenvalue weighted by molar-refractivity contribution is 5.94. The Bertz CT molecular complexity index is 707. The fourth-order valence-corrected chi connectivity index (χ4v) is 4.13. The Kier molecular flexibility index (Phi) is 3.92. The van der Waals surface area contributed by atoms with Gasteiger partial charge in [-0.3, -0.25) is 9.78 Å². The van der Waals surface area contributed by atoms with E-state index in [0.717, 1.165) is 19.5 Å². The number of hydrogen-bond donors (Lipinski definition) is 0. The second-order valence-electron chi connectivity index (χ2n) is 6.84. The number of carbonyl (C=O) groups excluding carboxylic acids is 1. The summed E-state index contributed by atoms with van der Waals surface area (Å²) in [5, 5.41) is 0. The predicted octanol–water partition coefficient (Wildman–Crippen LogP) is 2.80. The van der Waals surface area contributed by atoms with E-state index in [2.05, 4.69) is 9.97 Å². The van der Waals surface area contributed by atoms with Crippen molar-refractivity contribution in [2.24, 2.45) is 11.3 Å². The Hall–Kier alpha value is -2.43. The highest BCUT2D eigenvalue weighted by Gasteiger charge is 2.51. The molecule has 1 saturated carbocycles. The Morgan fingerprint density at radius 3 is 3.04 bits per heavy atom. The van der Waals surface area contributed by atoms with Crippen LogP contribution in [0.5, 0.6) is 5.88 Å². The van der Waals surface area contributed by atoms with Gasteiger partial charge in [0.2, 0.25) is 5.88 Å². The number of pyridine rings is 2. The Balaban J connectivity index is 1.48. The van der Waals surface area contributed by atoms with Crippen molar-refractivity contribution < 1.29 is 9.53 Å². The van der Waals surface area contributed by atoms with Crippen molar-refractivity contribution >= 4 is 5.91 Å². The van der Waals surface area contributed by atoms with Gasteiger partial charge in [-0.25, -0.2) is 4.98 Å². The largest absolute Gasteiger partial charge is 0.477 e. The van der Waals surface area contributed by atoms with E-state index >= 15 is 0 Å². The number of amides is 1. The van der Waals surface area contributed by atoms with Crippen molar-refractivity contribution in [1.29, 1.82) is 0 Å². The molecule has 0 N–H and O–H groups in total. The van der Waals surface area contributed by atoms with Crippen LogP contribution in [0.1, 0.15) is 29.6 Å². The maximum absolute atomic E-state index is 12.7. The van der Waals surface area contributed by atoms with Gasteiger partial charge >= 0.3 is 0 Å². The van der Waals surface area contributed by atoms with E-state index in [1.54, 1.807) is 18.6 Å². The summed E-state index contributed by atoms with van der Waals surface area (Å²) >= 11 is 0. The second-order valence-corrected chi connectivity index (χ2v) is 6.84. The molecule has 2 fully saturated rings. The molecule has 124 valence electrons. The number of likely N-dealkylation sites (tertiary alicyclic amines) is 1. The summed E-state index contributed by atoms with van der Waals surface area (Å²) in [6, 6.07) is 9.34. The molecular formula is C19H21N3O2. The van der Waals surface area contributed by atoms with Gasteiger partial charge in [-0.2, -0.15) is 0 Å². The molecule has 1 amide bonds. The summed E-state index contributed by atoms with van der Waals surface area (Å²) in [5.74, 6) is 1.26. The van der Waals surface area contributed by atoms with Crippen LogP contribution >= 0.6 is 0 Å². The van der Waals surface area contributed by atoms with E-state index in [9.17, 15) is 4.79 Å². The first-order valence-electron chi connectivity index (χ1n) is 8.50. The minimum atomic E-state index is 0.0649. The summed E-state index contributed by atoms with van der Waals surface area (Å²) in [6.45, 7) is 2.21. The van der Waals surface area contributed by atoms with E-state index < -0.39 is 0 Å². The van der Waals surface area contributed by atoms with Crippen molar-refractivity contribution in [2.45, 2.75) is 19.3 Å². The minimum absolute atomic E-state index is 0.0649. The molecule has 2 atom stereocenters. The lowest BCUT2D eigenvalue weighted by Crippen LogP contribution is -2.35. The fraction of sp³-hybridized carbons (Fsp3) is 0.421. The molecule has 1 aliphatic heterocycles. The lowest BCUT2D eigenvalue weighted by Gasteiger charge is -2.28. The first-order chi connectivity index (χ1) is 11.8. The molecule has 0 bridgehead atoms. The van der Waals surface area contributed by atoms with Gasteiger partial charge in [-0.1, -0.05) is 12.5 Å². The van der Waals surface area contributed by atoms with E-state index in [1.807, 2.05) is 35.2 Å². The monoisotopic (exact) mass is 323 g/mol. The van der Waals surface area contributed by atoms with Crippen LogP contribution in [0.15, 0.2) is 48.9 Å². The van der Waals surface area contributed by atoms with Crippen LogP contribution in [0.2, 0.25) is 0 Å². The highest BCUT2D eigenvalue weighted by Crippen LogP contribution is 2.49. The maximum atomic E-state index is 12.7. The van der Waals surface area contributed by atoms with Crippen LogP contribution in [0, 0.1) is 11.3 Å². The van der Waals surface area contributed by atoms with E-state index in [0.29, 0.717) is 24.0 Å². The molecule has 5 nitrogen and oxygen atoms in total. The van der Waals surface area contributed by atoms with Crippen molar-refractivity contribution in [2.75, 3.05) is 19.7 Å². The quantitative estimate of drug-likeness (QED) is 0.868. The summed E-state index contributed by atoms with van der Waals surface area (Å²) in [7, 11) is 0. The first kappa shape index (κ1) is 15.1. The van der Waals surface area contributed by atoms with Gasteiger partial charge in [0.05, 0.1) is 12.2 Å². The first-order valence-corrected chi connectivity index (χ1v) is 8.50. The van der Waals surface area contributed by atoms with Crippen molar-refractivity contribution in [1.82, 2.24) is 14.9 Å². The lowest BCUT2D eigenvalue weighted by atomic mass is 9.81. The third-order valence-electron chi connectivity index (χ3n) is 5.38. The number of aromatic nitrogens is 2. The molecule has 1 aliphatic carbocycles. The molecule has 0 radical (unpaired) electrons. The highest BCUT2D eigenvalue weighted by atomic mass is 16.5. The average molecular weight is 323 g/mol. The number of fused-ring (bicyclic) bond motifs is 1. The van der Waals surface area contributed by atoms with Gasteiger partial charge < -0.3 is 9.64 Å². The normalized spacial score (nSPS) is 25.5. The Labute approximate surface area is 141 Å². The minimum Gasteiger partial charge on any atom is -0.477 e. The molecule has 4 rings (SSSR count). The smallest absolute Gasteiger partial charge is 0.255 e. The molecule has 1 saturated heterocycles. The zero-order chi connectivity index (χ0) is 16.4.